The molecule has 2 aromatic carbocycles. The van der Waals surface area contributed by atoms with Crippen molar-refractivity contribution in [1.29, 1.82) is 0 Å². The molecule has 2 aromatic heterocycles. The number of unbranched alkanes of at least 4 members (excludes halogenated alkanes) is 1. The van der Waals surface area contributed by atoms with Crippen molar-refractivity contribution in [2.24, 2.45) is 0 Å². The van der Waals surface area contributed by atoms with E-state index in [-0.39, 0.29) is 24.7 Å². The van der Waals surface area contributed by atoms with Gasteiger partial charge in [-0.1, -0.05) is 65.9 Å². The minimum absolute atomic E-state index is 0.131. The van der Waals surface area contributed by atoms with Gasteiger partial charge in [0, 0.05) is 13.0 Å². The van der Waals surface area contributed by atoms with Crippen LogP contribution in [0.2, 0.25) is 0 Å². The molecule has 2 amide bonds. The van der Waals surface area contributed by atoms with Crippen LogP contribution in [0.4, 0.5) is 10.9 Å². The van der Waals surface area contributed by atoms with Gasteiger partial charge in [-0.05, 0) is 68.9 Å². The van der Waals surface area contributed by atoms with E-state index in [0.717, 1.165) is 53.1 Å². The monoisotopic (exact) mass is 617 g/mol. The summed E-state index contributed by atoms with van der Waals surface area (Å²) in [5.74, 6) is 0.144. The molecule has 0 spiro atoms. The van der Waals surface area contributed by atoms with Crippen molar-refractivity contribution in [3.8, 4) is 0 Å². The van der Waals surface area contributed by atoms with E-state index >= 15 is 0 Å². The molecule has 0 fully saturated rings. The van der Waals surface area contributed by atoms with Crippen LogP contribution in [0, 0.1) is 0 Å². The van der Waals surface area contributed by atoms with Crippen LogP contribution in [-0.2, 0) is 46.6 Å². The minimum Gasteiger partial charge on any atom is -0.356 e. The van der Waals surface area contributed by atoms with Crippen molar-refractivity contribution < 1.29 is 19.4 Å². The SMILES string of the molecule is CC(C)(C)OC(O)NCc1ccc(CC(=O)Nc2nnc(CCCCc3ccc(NC(=O)Cc4ccccc4)nn3)s2)cc1. The number of hydrogen-bond acceptors (Lipinski definition) is 10. The summed E-state index contributed by atoms with van der Waals surface area (Å²) in [6.45, 7) is 6.06. The number of carbonyl (C=O) groups is 2. The minimum atomic E-state index is -1.06. The Labute approximate surface area is 261 Å². The van der Waals surface area contributed by atoms with Gasteiger partial charge in [0.25, 0.3) is 0 Å². The number of hydrogen-bond donors (Lipinski definition) is 4. The zero-order valence-electron chi connectivity index (χ0n) is 25.2. The fraction of sp³-hybridized carbons (Fsp3) is 0.375. The molecule has 12 heteroatoms. The van der Waals surface area contributed by atoms with Crippen LogP contribution >= 0.6 is 11.3 Å². The van der Waals surface area contributed by atoms with Crippen LogP contribution < -0.4 is 16.0 Å². The number of ether oxygens (including phenoxy) is 1. The summed E-state index contributed by atoms with van der Waals surface area (Å²) in [6.07, 6.45) is 2.73. The lowest BCUT2D eigenvalue weighted by Gasteiger charge is -2.24. The first-order valence-corrected chi connectivity index (χ1v) is 15.4. The van der Waals surface area contributed by atoms with Crippen molar-refractivity contribution in [2.45, 2.75) is 77.9 Å². The van der Waals surface area contributed by atoms with Crippen molar-refractivity contribution in [1.82, 2.24) is 25.7 Å². The predicted molar refractivity (Wildman–Crippen MR) is 170 cm³/mol. The van der Waals surface area contributed by atoms with Crippen molar-refractivity contribution in [3.63, 3.8) is 0 Å². The first-order valence-electron chi connectivity index (χ1n) is 14.6. The third-order valence-corrected chi connectivity index (χ3v) is 7.21. The molecule has 11 nitrogen and oxygen atoms in total. The Morgan fingerprint density at radius 1 is 0.795 bits per heavy atom. The summed E-state index contributed by atoms with van der Waals surface area (Å²) in [5, 5.41) is 36.5. The van der Waals surface area contributed by atoms with E-state index in [1.54, 1.807) is 6.07 Å². The van der Waals surface area contributed by atoms with E-state index in [1.165, 1.54) is 11.3 Å². The van der Waals surface area contributed by atoms with Gasteiger partial charge in [0.05, 0.1) is 24.1 Å². The highest BCUT2D eigenvalue weighted by Crippen LogP contribution is 2.18. The molecule has 4 rings (SSSR count). The first kappa shape index (κ1) is 32.8. The van der Waals surface area contributed by atoms with Gasteiger partial charge >= 0.3 is 0 Å². The lowest BCUT2D eigenvalue weighted by atomic mass is 10.1. The lowest BCUT2D eigenvalue weighted by Crippen LogP contribution is -2.37. The number of nitrogens with zero attached hydrogens (tertiary/aromatic N) is 4. The highest BCUT2D eigenvalue weighted by molar-refractivity contribution is 7.15. The highest BCUT2D eigenvalue weighted by Gasteiger charge is 2.16. The molecule has 232 valence electrons. The predicted octanol–water partition coefficient (Wildman–Crippen LogP) is 4.44. The van der Waals surface area contributed by atoms with E-state index in [0.29, 0.717) is 17.5 Å². The molecule has 4 N–H and O–H groups in total. The van der Waals surface area contributed by atoms with Gasteiger partial charge in [0.1, 0.15) is 5.01 Å². The van der Waals surface area contributed by atoms with Crippen LogP contribution in [0.25, 0.3) is 0 Å². The van der Waals surface area contributed by atoms with Crippen molar-refractivity contribution in [2.75, 3.05) is 10.6 Å². The molecule has 0 radical (unpaired) electrons. The zero-order valence-corrected chi connectivity index (χ0v) is 26.1. The second kappa shape index (κ2) is 16.1. The molecule has 0 aliphatic heterocycles. The maximum absolute atomic E-state index is 12.5. The maximum Gasteiger partial charge on any atom is 0.230 e. The van der Waals surface area contributed by atoms with Gasteiger partial charge in [-0.25, -0.2) is 0 Å². The number of rotatable bonds is 15. The summed E-state index contributed by atoms with van der Waals surface area (Å²) in [6, 6.07) is 20.8. The molecule has 44 heavy (non-hydrogen) atoms. The molecule has 0 aliphatic carbocycles. The molecule has 0 saturated heterocycles. The van der Waals surface area contributed by atoms with Crippen molar-refractivity contribution in [3.05, 3.63) is 94.1 Å². The Morgan fingerprint density at radius 2 is 1.45 bits per heavy atom. The standard InChI is InChI=1S/C32H39N7O4S/c1-32(2,3)43-31(42)33-21-24-15-13-23(14-16-24)20-28(41)35-30-39-38-29(44-30)12-8-7-11-25-17-18-26(37-36-25)34-27(40)19-22-9-5-4-6-10-22/h4-6,9-10,13-18,31,33,42H,7-8,11-12,19-21H2,1-3H3,(H,34,37,40)(H,35,39,41). The summed E-state index contributed by atoms with van der Waals surface area (Å²) < 4.78 is 5.43. The fourth-order valence-electron chi connectivity index (χ4n) is 4.22. The van der Waals surface area contributed by atoms with Crippen LogP contribution in [0.15, 0.2) is 66.7 Å². The number of benzene rings is 2. The van der Waals surface area contributed by atoms with E-state index in [4.69, 9.17) is 4.74 Å². The third kappa shape index (κ3) is 11.9. The number of aliphatic hydroxyl groups is 1. The van der Waals surface area contributed by atoms with E-state index in [2.05, 4.69) is 36.3 Å². The Hall–Kier alpha value is -4.10. The largest absolute Gasteiger partial charge is 0.356 e. The highest BCUT2D eigenvalue weighted by atomic mass is 32.1. The van der Waals surface area contributed by atoms with Gasteiger partial charge in [-0.15, -0.1) is 15.3 Å². The number of nitrogens with one attached hydrogen (secondary N) is 3. The number of amides is 2. The molecule has 2 heterocycles. The summed E-state index contributed by atoms with van der Waals surface area (Å²) >= 11 is 1.38. The normalized spacial score (nSPS) is 12.1. The molecule has 1 atom stereocenters. The first-order chi connectivity index (χ1) is 21.1. The Morgan fingerprint density at radius 3 is 2.14 bits per heavy atom. The molecular formula is C32H39N7O4S. The van der Waals surface area contributed by atoms with Crippen LogP contribution in [0.1, 0.15) is 61.0 Å². The zero-order chi connectivity index (χ0) is 31.4. The number of anilines is 2. The topological polar surface area (TPSA) is 151 Å². The maximum atomic E-state index is 12.5. The Balaban J connectivity index is 1.12. The van der Waals surface area contributed by atoms with Crippen LogP contribution in [0.3, 0.4) is 0 Å². The molecular weight excluding hydrogens is 578 g/mol. The Kier molecular flexibility index (Phi) is 12.0. The summed E-state index contributed by atoms with van der Waals surface area (Å²) in [5.41, 5.74) is 3.18. The van der Waals surface area contributed by atoms with Gasteiger partial charge in [-0.2, -0.15) is 5.10 Å². The number of carbonyl (C=O) groups excluding carboxylic acids is 2. The van der Waals surface area contributed by atoms with Gasteiger partial charge in [-0.3, -0.25) is 14.9 Å². The average molecular weight is 618 g/mol. The molecule has 0 bridgehead atoms. The smallest absolute Gasteiger partial charge is 0.230 e. The van der Waals surface area contributed by atoms with Gasteiger partial charge < -0.3 is 20.5 Å². The molecule has 1 unspecified atom stereocenters. The van der Waals surface area contributed by atoms with E-state index in [9.17, 15) is 14.7 Å². The van der Waals surface area contributed by atoms with Crippen LogP contribution in [-0.4, -0.2) is 49.3 Å². The average Bonchev–Trinajstić information content (AvgIpc) is 3.42. The summed E-state index contributed by atoms with van der Waals surface area (Å²) in [7, 11) is 0. The molecule has 0 saturated carbocycles. The second-order valence-electron chi connectivity index (χ2n) is 11.3. The number of aromatic nitrogens is 4. The van der Waals surface area contributed by atoms with Crippen molar-refractivity contribution >= 4 is 34.1 Å². The van der Waals surface area contributed by atoms with Gasteiger partial charge in [0.15, 0.2) is 5.82 Å². The van der Waals surface area contributed by atoms with E-state index in [1.807, 2.05) is 81.4 Å². The second-order valence-corrected chi connectivity index (χ2v) is 12.4. The third-order valence-electron chi connectivity index (χ3n) is 6.32. The quantitative estimate of drug-likeness (QED) is 0.112. The lowest BCUT2D eigenvalue weighted by molar-refractivity contribution is -0.182. The Bertz CT molecular complexity index is 1470. The van der Waals surface area contributed by atoms with Gasteiger partial charge in [0.2, 0.25) is 23.4 Å². The molecule has 0 aliphatic rings. The summed E-state index contributed by atoms with van der Waals surface area (Å²) in [4.78, 5) is 24.7. The van der Waals surface area contributed by atoms with E-state index < -0.39 is 12.0 Å². The number of aryl methyl sites for hydroxylation is 2. The fourth-order valence-corrected chi connectivity index (χ4v) is 5.02. The molecule has 4 aromatic rings. The number of aliphatic hydroxyl groups excluding tert-OH is 1. The van der Waals surface area contributed by atoms with Crippen LogP contribution in [0.5, 0.6) is 0 Å².